The van der Waals surface area contributed by atoms with Crippen LogP contribution >= 0.6 is 0 Å². The minimum atomic E-state index is -0.279. The van der Waals surface area contributed by atoms with Crippen molar-refractivity contribution in [3.63, 3.8) is 0 Å². The second-order valence-electron chi connectivity index (χ2n) is 17.5. The normalized spacial score (nSPS) is 20.5. The summed E-state index contributed by atoms with van der Waals surface area (Å²) in [5.74, 6) is 0.914. The SMILES string of the molecule is CCC(=O)C12CCC(CCN3CCc4c(nc(C(=O)Nc5cccc(-c6cccc(NC(=O)c7cc8c(cn7)CN(c7ccnc(OC)c7)C8)c6C)c5C)n4C)C3)(CC1)C2. The number of Topliss-reactive ketones (excluding diaryl/α,β-unsaturated/α-hetero) is 1. The molecule has 5 heterocycles. The second-order valence-corrected chi connectivity index (χ2v) is 17.5. The van der Waals surface area contributed by atoms with E-state index in [9.17, 15) is 14.4 Å². The molecular weight excluding hydrogens is 753 g/mol. The highest BCUT2D eigenvalue weighted by molar-refractivity contribution is 6.05. The van der Waals surface area contributed by atoms with Crippen LogP contribution in [0.3, 0.4) is 0 Å². The van der Waals surface area contributed by atoms with Crippen molar-refractivity contribution in [2.45, 2.75) is 91.8 Å². The minimum Gasteiger partial charge on any atom is -0.481 e. The molecular formula is C48H54N8O4. The molecule has 310 valence electrons. The van der Waals surface area contributed by atoms with Gasteiger partial charge in [0.2, 0.25) is 5.88 Å². The summed E-state index contributed by atoms with van der Waals surface area (Å²) >= 11 is 0. The summed E-state index contributed by atoms with van der Waals surface area (Å²) in [7, 11) is 3.54. The smallest absolute Gasteiger partial charge is 0.291 e. The molecule has 2 fully saturated rings. The van der Waals surface area contributed by atoms with Gasteiger partial charge in [-0.1, -0.05) is 31.2 Å². The largest absolute Gasteiger partial charge is 0.481 e. The van der Waals surface area contributed by atoms with Gasteiger partial charge in [-0.15, -0.1) is 0 Å². The van der Waals surface area contributed by atoms with Gasteiger partial charge in [-0.25, -0.2) is 9.97 Å². The molecule has 2 N–H and O–H groups in total. The first-order valence-corrected chi connectivity index (χ1v) is 21.3. The molecule has 2 aliphatic carbocycles. The van der Waals surface area contributed by atoms with Crippen LogP contribution in [0.15, 0.2) is 67.0 Å². The minimum absolute atomic E-state index is 0.0464. The number of nitrogens with one attached hydrogen (secondary N) is 2. The fourth-order valence-corrected chi connectivity index (χ4v) is 10.6. The molecule has 0 radical (unpaired) electrons. The van der Waals surface area contributed by atoms with Crippen molar-refractivity contribution in [3.8, 4) is 17.0 Å². The van der Waals surface area contributed by atoms with Gasteiger partial charge in [-0.3, -0.25) is 24.3 Å². The fraction of sp³-hybridized carbons (Fsp3) is 0.417. The van der Waals surface area contributed by atoms with Crippen molar-refractivity contribution in [3.05, 3.63) is 112 Å². The molecule has 2 aromatic carbocycles. The molecule has 5 aromatic rings. The van der Waals surface area contributed by atoms with Crippen molar-refractivity contribution in [2.24, 2.45) is 17.9 Å². The Kier molecular flexibility index (Phi) is 10.3. The van der Waals surface area contributed by atoms with Gasteiger partial charge in [0.1, 0.15) is 11.5 Å². The number of ether oxygens (including phenoxy) is 1. The maximum absolute atomic E-state index is 13.9. The van der Waals surface area contributed by atoms with Crippen LogP contribution in [0.5, 0.6) is 5.88 Å². The number of pyridine rings is 2. The fourth-order valence-electron chi connectivity index (χ4n) is 10.6. The predicted molar refractivity (Wildman–Crippen MR) is 232 cm³/mol. The molecule has 2 amide bonds. The lowest BCUT2D eigenvalue weighted by molar-refractivity contribution is -0.128. The number of hydrogen-bond donors (Lipinski definition) is 2. The van der Waals surface area contributed by atoms with Crippen LogP contribution in [-0.4, -0.2) is 62.2 Å². The zero-order chi connectivity index (χ0) is 41.8. The van der Waals surface area contributed by atoms with E-state index in [0.29, 0.717) is 59.5 Å². The number of nitrogens with zero attached hydrogens (tertiary/aromatic N) is 6. The average molecular weight is 807 g/mol. The molecule has 0 saturated heterocycles. The van der Waals surface area contributed by atoms with Gasteiger partial charge in [0, 0.05) is 92.7 Å². The number of ketones is 1. The van der Waals surface area contributed by atoms with E-state index in [4.69, 9.17) is 9.72 Å². The number of imidazole rings is 1. The quantitative estimate of drug-likeness (QED) is 0.128. The summed E-state index contributed by atoms with van der Waals surface area (Å²) in [5, 5.41) is 6.27. The Labute approximate surface area is 351 Å². The van der Waals surface area contributed by atoms with Crippen LogP contribution in [0.2, 0.25) is 0 Å². The van der Waals surface area contributed by atoms with Crippen LogP contribution in [0.1, 0.15) is 107 Å². The summed E-state index contributed by atoms with van der Waals surface area (Å²) in [5.41, 5.74) is 11.0. The number of carbonyl (C=O) groups excluding carboxylic acids is 3. The Balaban J connectivity index is 0.853. The number of rotatable bonds is 12. The number of carbonyl (C=O) groups is 3. The third-order valence-electron chi connectivity index (χ3n) is 14.2. The van der Waals surface area contributed by atoms with Gasteiger partial charge in [0.15, 0.2) is 5.82 Å². The molecule has 0 atom stereocenters. The van der Waals surface area contributed by atoms with E-state index in [1.54, 1.807) is 19.5 Å². The Bertz CT molecular complexity index is 2520. The van der Waals surface area contributed by atoms with Crippen molar-refractivity contribution < 1.29 is 19.1 Å². The Hall–Kier alpha value is -5.88. The molecule has 12 nitrogen and oxygen atoms in total. The van der Waals surface area contributed by atoms with E-state index >= 15 is 0 Å². The van der Waals surface area contributed by atoms with E-state index in [0.717, 1.165) is 102 Å². The molecule has 12 heteroatoms. The summed E-state index contributed by atoms with van der Waals surface area (Å²) in [4.78, 5) is 58.6. The summed E-state index contributed by atoms with van der Waals surface area (Å²) in [6.07, 6.45) is 11.7. The predicted octanol–water partition coefficient (Wildman–Crippen LogP) is 8.21. The third-order valence-corrected chi connectivity index (χ3v) is 14.2. The highest BCUT2D eigenvalue weighted by atomic mass is 16.5. The van der Waals surface area contributed by atoms with Gasteiger partial charge < -0.3 is 24.8 Å². The van der Waals surface area contributed by atoms with E-state index in [1.807, 2.05) is 87.0 Å². The molecule has 2 saturated carbocycles. The third kappa shape index (κ3) is 7.14. The molecule has 4 aliphatic rings. The molecule has 0 spiro atoms. The van der Waals surface area contributed by atoms with Gasteiger partial charge >= 0.3 is 0 Å². The standard InChI is InChI=1S/C48H54N8O4/c1-6-42(57)48-17-15-47(29-48,16-18-48)19-22-55-21-14-41-40(28-55)51-44(54(41)4)46(59)53-38-12-8-10-36(31(38)3)35-9-7-11-37(30(35)2)52-45(58)39-23-32-26-56(27-33(32)25-50-39)34-13-20-49-43(24-34)60-5/h7-13,20,23-25H,6,14-19,21-22,26-29H2,1-5H3,(H,52,58)(H,53,59). The van der Waals surface area contributed by atoms with E-state index < -0.39 is 0 Å². The number of aromatic nitrogens is 4. The van der Waals surface area contributed by atoms with Crippen LogP contribution < -0.4 is 20.3 Å². The lowest BCUT2D eigenvalue weighted by Crippen LogP contribution is -2.34. The van der Waals surface area contributed by atoms with Crippen LogP contribution in [0.25, 0.3) is 11.1 Å². The number of amides is 2. The zero-order valence-electron chi connectivity index (χ0n) is 35.4. The number of hydrogen-bond acceptors (Lipinski definition) is 9. The van der Waals surface area contributed by atoms with Gasteiger partial charge in [0.05, 0.1) is 12.8 Å². The summed E-state index contributed by atoms with van der Waals surface area (Å²) in [6, 6.07) is 17.5. The van der Waals surface area contributed by atoms with Crippen molar-refractivity contribution >= 4 is 34.7 Å². The highest BCUT2D eigenvalue weighted by Crippen LogP contribution is 2.63. The maximum atomic E-state index is 13.9. The maximum Gasteiger partial charge on any atom is 0.291 e. The van der Waals surface area contributed by atoms with Crippen LogP contribution in [-0.2, 0) is 37.9 Å². The van der Waals surface area contributed by atoms with E-state index in [1.165, 1.54) is 12.8 Å². The number of methoxy groups -OCH3 is 1. The first-order valence-electron chi connectivity index (χ1n) is 21.3. The van der Waals surface area contributed by atoms with Gasteiger partial charge in [-0.05, 0) is 122 Å². The second kappa shape index (κ2) is 15.6. The lowest BCUT2D eigenvalue weighted by Gasteiger charge is -2.32. The Morgan fingerprint density at radius 3 is 2.25 bits per heavy atom. The van der Waals surface area contributed by atoms with Gasteiger partial charge in [-0.2, -0.15) is 0 Å². The molecule has 2 bridgehead atoms. The number of benzene rings is 2. The van der Waals surface area contributed by atoms with E-state index in [2.05, 4.69) is 30.4 Å². The Morgan fingerprint density at radius 1 is 0.850 bits per heavy atom. The monoisotopic (exact) mass is 806 g/mol. The van der Waals surface area contributed by atoms with E-state index in [-0.39, 0.29) is 17.2 Å². The average Bonchev–Trinajstić information content (AvgIpc) is 4.05. The molecule has 60 heavy (non-hydrogen) atoms. The lowest BCUT2D eigenvalue weighted by atomic mass is 9.78. The molecule has 3 aromatic heterocycles. The first kappa shape index (κ1) is 39.6. The van der Waals surface area contributed by atoms with Crippen molar-refractivity contribution in [1.82, 2.24) is 24.4 Å². The molecule has 2 aliphatic heterocycles. The topological polar surface area (TPSA) is 135 Å². The van der Waals surface area contributed by atoms with Crippen LogP contribution in [0, 0.1) is 24.7 Å². The number of fused-ring (bicyclic) bond motifs is 4. The summed E-state index contributed by atoms with van der Waals surface area (Å²) in [6.45, 7) is 10.0. The molecule has 9 rings (SSSR count). The zero-order valence-corrected chi connectivity index (χ0v) is 35.4. The summed E-state index contributed by atoms with van der Waals surface area (Å²) < 4.78 is 7.27. The van der Waals surface area contributed by atoms with Crippen molar-refractivity contribution in [2.75, 3.05) is 35.7 Å². The van der Waals surface area contributed by atoms with Crippen LogP contribution in [0.4, 0.5) is 17.1 Å². The van der Waals surface area contributed by atoms with Crippen molar-refractivity contribution in [1.29, 1.82) is 0 Å². The number of anilines is 3. The van der Waals surface area contributed by atoms with Gasteiger partial charge in [0.25, 0.3) is 11.8 Å². The first-order chi connectivity index (χ1) is 29.0. The highest BCUT2D eigenvalue weighted by Gasteiger charge is 2.56. The molecule has 0 unspecified atom stereocenters. The Morgan fingerprint density at radius 2 is 1.55 bits per heavy atom.